The van der Waals surface area contributed by atoms with Gasteiger partial charge in [-0.25, -0.2) is 9.97 Å². The Labute approximate surface area is 93.7 Å². The van der Waals surface area contributed by atoms with Crippen molar-refractivity contribution in [2.75, 3.05) is 13.1 Å². The van der Waals surface area contributed by atoms with Gasteiger partial charge in [-0.2, -0.15) is 5.26 Å². The van der Waals surface area contributed by atoms with Crippen molar-refractivity contribution < 1.29 is 4.79 Å². The molecule has 1 aromatic rings. The van der Waals surface area contributed by atoms with Crippen LogP contribution in [0.1, 0.15) is 23.2 Å². The van der Waals surface area contributed by atoms with Gasteiger partial charge < -0.3 is 4.90 Å². The SMILES string of the molecule is N#CC1CCCN(C(=O)c2cncnc2)C1. The van der Waals surface area contributed by atoms with Crippen molar-refractivity contribution in [1.82, 2.24) is 14.9 Å². The quantitative estimate of drug-likeness (QED) is 0.697. The van der Waals surface area contributed by atoms with Gasteiger partial charge in [0.05, 0.1) is 17.6 Å². The molecule has 0 radical (unpaired) electrons. The Morgan fingerprint density at radius 3 is 2.94 bits per heavy atom. The molecule has 5 nitrogen and oxygen atoms in total. The molecule has 2 rings (SSSR count). The van der Waals surface area contributed by atoms with E-state index in [0.717, 1.165) is 12.8 Å². The van der Waals surface area contributed by atoms with Gasteiger partial charge in [0.2, 0.25) is 0 Å². The lowest BCUT2D eigenvalue weighted by Gasteiger charge is -2.29. The molecule has 0 saturated carbocycles. The molecule has 1 aliphatic heterocycles. The van der Waals surface area contributed by atoms with Crippen LogP contribution in [0.3, 0.4) is 0 Å². The van der Waals surface area contributed by atoms with Crippen molar-refractivity contribution in [2.45, 2.75) is 12.8 Å². The maximum atomic E-state index is 12.0. The van der Waals surface area contributed by atoms with Crippen molar-refractivity contribution in [1.29, 1.82) is 5.26 Å². The van der Waals surface area contributed by atoms with Gasteiger partial charge in [0.15, 0.2) is 0 Å². The first kappa shape index (κ1) is 10.6. The van der Waals surface area contributed by atoms with Crippen LogP contribution < -0.4 is 0 Å². The minimum atomic E-state index is -0.0828. The zero-order chi connectivity index (χ0) is 11.4. The van der Waals surface area contributed by atoms with E-state index in [4.69, 9.17) is 5.26 Å². The van der Waals surface area contributed by atoms with Crippen LogP contribution in [0.4, 0.5) is 0 Å². The highest BCUT2D eigenvalue weighted by Gasteiger charge is 2.24. The summed E-state index contributed by atoms with van der Waals surface area (Å²) in [7, 11) is 0. The zero-order valence-electron chi connectivity index (χ0n) is 8.83. The molecule has 1 aromatic heterocycles. The van der Waals surface area contributed by atoms with Crippen LogP contribution >= 0.6 is 0 Å². The molecule has 0 aliphatic carbocycles. The number of amides is 1. The van der Waals surface area contributed by atoms with E-state index in [2.05, 4.69) is 16.0 Å². The standard InChI is InChI=1S/C11H12N4O/c12-4-9-2-1-3-15(7-9)11(16)10-5-13-8-14-6-10/h5-6,8-9H,1-3,7H2. The molecule has 82 valence electrons. The molecule has 16 heavy (non-hydrogen) atoms. The number of piperidine rings is 1. The van der Waals surface area contributed by atoms with E-state index in [9.17, 15) is 4.79 Å². The van der Waals surface area contributed by atoms with Gasteiger partial charge in [-0.05, 0) is 12.8 Å². The fraction of sp³-hybridized carbons (Fsp3) is 0.455. The molecule has 0 N–H and O–H groups in total. The van der Waals surface area contributed by atoms with Gasteiger partial charge in [0.25, 0.3) is 5.91 Å². The Balaban J connectivity index is 2.08. The number of nitriles is 1. The summed E-state index contributed by atoms with van der Waals surface area (Å²) < 4.78 is 0. The summed E-state index contributed by atoms with van der Waals surface area (Å²) in [5.74, 6) is -0.122. The highest BCUT2D eigenvalue weighted by molar-refractivity contribution is 5.93. The van der Waals surface area contributed by atoms with Gasteiger partial charge >= 0.3 is 0 Å². The van der Waals surface area contributed by atoms with E-state index in [1.165, 1.54) is 18.7 Å². The summed E-state index contributed by atoms with van der Waals surface area (Å²) in [6.45, 7) is 1.23. The number of aromatic nitrogens is 2. The summed E-state index contributed by atoms with van der Waals surface area (Å²) >= 11 is 0. The van der Waals surface area contributed by atoms with Crippen LogP contribution in [0, 0.1) is 17.2 Å². The summed E-state index contributed by atoms with van der Waals surface area (Å²) in [5, 5.41) is 8.85. The number of rotatable bonds is 1. The zero-order valence-corrected chi connectivity index (χ0v) is 8.83. The molecule has 1 saturated heterocycles. The van der Waals surface area contributed by atoms with Crippen LogP contribution in [-0.2, 0) is 0 Å². The number of likely N-dealkylation sites (tertiary alicyclic amines) is 1. The molecule has 1 aliphatic rings. The molecule has 0 aromatic carbocycles. The lowest BCUT2D eigenvalue weighted by molar-refractivity contribution is 0.0698. The predicted molar refractivity (Wildman–Crippen MR) is 56.3 cm³/mol. The number of carbonyl (C=O) groups excluding carboxylic acids is 1. The van der Waals surface area contributed by atoms with E-state index >= 15 is 0 Å². The fourth-order valence-electron chi connectivity index (χ4n) is 1.86. The Kier molecular flexibility index (Phi) is 3.10. The fourth-order valence-corrected chi connectivity index (χ4v) is 1.86. The van der Waals surface area contributed by atoms with Crippen molar-refractivity contribution in [3.8, 4) is 6.07 Å². The van der Waals surface area contributed by atoms with E-state index in [1.54, 1.807) is 4.90 Å². The smallest absolute Gasteiger partial charge is 0.257 e. The van der Waals surface area contributed by atoms with E-state index in [-0.39, 0.29) is 11.8 Å². The first-order chi connectivity index (χ1) is 7.81. The summed E-state index contributed by atoms with van der Waals surface area (Å²) in [6.07, 6.45) is 6.17. The summed E-state index contributed by atoms with van der Waals surface area (Å²) in [5.41, 5.74) is 0.487. The van der Waals surface area contributed by atoms with Crippen molar-refractivity contribution in [3.05, 3.63) is 24.3 Å². The molecule has 1 atom stereocenters. The average Bonchev–Trinajstić information content (AvgIpc) is 2.39. The third-order valence-corrected chi connectivity index (χ3v) is 2.70. The summed E-state index contributed by atoms with van der Waals surface area (Å²) in [4.78, 5) is 21.3. The lowest BCUT2D eigenvalue weighted by Crippen LogP contribution is -2.39. The van der Waals surface area contributed by atoms with Crippen LogP contribution in [0.25, 0.3) is 0 Å². The first-order valence-electron chi connectivity index (χ1n) is 5.25. The van der Waals surface area contributed by atoms with E-state index in [0.29, 0.717) is 18.7 Å². The Bertz CT molecular complexity index is 412. The van der Waals surface area contributed by atoms with Gasteiger partial charge in [-0.15, -0.1) is 0 Å². The average molecular weight is 216 g/mol. The highest BCUT2D eigenvalue weighted by Crippen LogP contribution is 2.17. The minimum Gasteiger partial charge on any atom is -0.337 e. The number of hydrogen-bond acceptors (Lipinski definition) is 4. The van der Waals surface area contributed by atoms with Gasteiger partial charge in [-0.3, -0.25) is 4.79 Å². The number of hydrogen-bond donors (Lipinski definition) is 0. The van der Waals surface area contributed by atoms with E-state index < -0.39 is 0 Å². The predicted octanol–water partition coefficient (Wildman–Crippen LogP) is 0.852. The number of carbonyl (C=O) groups is 1. The topological polar surface area (TPSA) is 69.9 Å². The molecule has 5 heteroatoms. The normalized spacial score (nSPS) is 20.2. The molecule has 0 bridgehead atoms. The molecule has 0 spiro atoms. The lowest BCUT2D eigenvalue weighted by atomic mass is 9.99. The first-order valence-corrected chi connectivity index (χ1v) is 5.25. The molecular weight excluding hydrogens is 204 g/mol. The molecule has 1 unspecified atom stereocenters. The van der Waals surface area contributed by atoms with Crippen molar-refractivity contribution in [2.24, 2.45) is 5.92 Å². The maximum Gasteiger partial charge on any atom is 0.257 e. The third-order valence-electron chi connectivity index (χ3n) is 2.70. The second kappa shape index (κ2) is 4.71. The van der Waals surface area contributed by atoms with Crippen LogP contribution in [0.2, 0.25) is 0 Å². The van der Waals surface area contributed by atoms with E-state index in [1.807, 2.05) is 0 Å². The monoisotopic (exact) mass is 216 g/mol. The third kappa shape index (κ3) is 2.16. The Hall–Kier alpha value is -1.96. The Morgan fingerprint density at radius 2 is 2.25 bits per heavy atom. The van der Waals surface area contributed by atoms with Crippen molar-refractivity contribution >= 4 is 5.91 Å². The molecule has 2 heterocycles. The maximum absolute atomic E-state index is 12.0. The van der Waals surface area contributed by atoms with Crippen LogP contribution in [-0.4, -0.2) is 33.9 Å². The summed E-state index contributed by atoms with van der Waals surface area (Å²) in [6, 6.07) is 2.22. The number of nitrogens with zero attached hydrogens (tertiary/aromatic N) is 4. The molecular formula is C11H12N4O. The van der Waals surface area contributed by atoms with Gasteiger partial charge in [0, 0.05) is 25.5 Å². The van der Waals surface area contributed by atoms with Crippen LogP contribution in [0.15, 0.2) is 18.7 Å². The molecule has 1 fully saturated rings. The van der Waals surface area contributed by atoms with Gasteiger partial charge in [0.1, 0.15) is 6.33 Å². The second-order valence-electron chi connectivity index (χ2n) is 3.85. The Morgan fingerprint density at radius 1 is 1.50 bits per heavy atom. The van der Waals surface area contributed by atoms with Crippen molar-refractivity contribution in [3.63, 3.8) is 0 Å². The molecule has 1 amide bonds. The minimum absolute atomic E-state index is 0.0395. The second-order valence-corrected chi connectivity index (χ2v) is 3.85. The van der Waals surface area contributed by atoms with Gasteiger partial charge in [-0.1, -0.05) is 0 Å². The largest absolute Gasteiger partial charge is 0.337 e. The highest BCUT2D eigenvalue weighted by atomic mass is 16.2. The van der Waals surface area contributed by atoms with Crippen LogP contribution in [0.5, 0.6) is 0 Å².